The number of benzene rings is 2. The smallest absolute Gasteiger partial charge is 0.387 e. The number of nitrogens with zero attached hydrogens (tertiary/aromatic N) is 4. The fourth-order valence-electron chi connectivity index (χ4n) is 3.94. The molecule has 9 nitrogen and oxygen atoms in total. The molecule has 0 aliphatic heterocycles. The second-order valence-electron chi connectivity index (χ2n) is 9.09. The normalized spacial score (nSPS) is 11.2. The van der Waals surface area contributed by atoms with Gasteiger partial charge in [0.05, 0.1) is 34.0 Å². The zero-order chi connectivity index (χ0) is 29.0. The maximum absolute atomic E-state index is 13.6. The van der Waals surface area contributed by atoms with Crippen LogP contribution in [0.25, 0.3) is 22.2 Å². The molecule has 0 unspecified atom stereocenters. The van der Waals surface area contributed by atoms with E-state index in [1.165, 1.54) is 18.3 Å². The van der Waals surface area contributed by atoms with Gasteiger partial charge in [-0.05, 0) is 26.2 Å². The maximum Gasteiger partial charge on any atom is 0.387 e. The van der Waals surface area contributed by atoms with Crippen molar-refractivity contribution in [3.63, 3.8) is 0 Å². The van der Waals surface area contributed by atoms with Crippen molar-refractivity contribution in [1.82, 2.24) is 19.9 Å². The molecular formula is C27H27ClF3N7O2. The van der Waals surface area contributed by atoms with Crippen LogP contribution >= 0.6 is 11.6 Å². The number of nitrogens with one attached hydrogen (secondary N) is 3. The maximum atomic E-state index is 13.6. The highest BCUT2D eigenvalue weighted by molar-refractivity contribution is 6.33. The molecule has 3 N–H and O–H groups in total. The lowest BCUT2D eigenvalue weighted by Crippen LogP contribution is -2.29. The summed E-state index contributed by atoms with van der Waals surface area (Å²) in [6, 6.07) is 10.2. The number of para-hydroxylation sites is 1. The van der Waals surface area contributed by atoms with Crippen LogP contribution in [0.3, 0.4) is 0 Å². The first kappa shape index (κ1) is 28.7. The average Bonchev–Trinajstić information content (AvgIpc) is 3.33. The lowest BCUT2D eigenvalue weighted by Gasteiger charge is -2.26. The Morgan fingerprint density at radius 3 is 2.62 bits per heavy atom. The fraction of sp³-hybridized carbons (Fsp3) is 0.222. The number of alkyl halides is 2. The van der Waals surface area contributed by atoms with Crippen molar-refractivity contribution < 1.29 is 22.7 Å². The van der Waals surface area contributed by atoms with Gasteiger partial charge >= 0.3 is 6.61 Å². The zero-order valence-corrected chi connectivity index (χ0v) is 22.7. The molecule has 2 heterocycles. The molecule has 0 aliphatic carbocycles. The first-order valence-corrected chi connectivity index (χ1v) is 12.4. The van der Waals surface area contributed by atoms with Crippen molar-refractivity contribution >= 4 is 51.4 Å². The predicted octanol–water partition coefficient (Wildman–Crippen LogP) is 6.04. The zero-order valence-electron chi connectivity index (χ0n) is 21.9. The largest absolute Gasteiger partial charge is 0.433 e. The number of anilines is 4. The summed E-state index contributed by atoms with van der Waals surface area (Å²) in [5.41, 5.74) is 2.42. The molecule has 0 radical (unpaired) electrons. The minimum atomic E-state index is -3.15. The number of aromatic nitrogens is 3. The first-order chi connectivity index (χ1) is 19.0. The van der Waals surface area contributed by atoms with Gasteiger partial charge in [-0.3, -0.25) is 4.79 Å². The molecule has 1 amide bonds. The van der Waals surface area contributed by atoms with E-state index in [0.717, 1.165) is 10.9 Å². The van der Waals surface area contributed by atoms with Crippen LogP contribution in [-0.4, -0.2) is 66.6 Å². The molecule has 4 aromatic rings. The molecule has 4 rings (SSSR count). The van der Waals surface area contributed by atoms with Gasteiger partial charge in [-0.2, -0.15) is 8.78 Å². The Bertz CT molecular complexity index is 1540. The molecule has 40 heavy (non-hydrogen) atoms. The minimum Gasteiger partial charge on any atom is -0.433 e. The van der Waals surface area contributed by atoms with Crippen molar-refractivity contribution in [2.45, 2.75) is 6.61 Å². The molecular weight excluding hydrogens is 547 g/mol. The number of likely N-dealkylation sites (N-methyl/N-ethyl adjacent to an activating group) is 2. The number of H-pyrrole nitrogens is 1. The molecule has 0 saturated heterocycles. The van der Waals surface area contributed by atoms with Crippen molar-refractivity contribution in [2.75, 3.05) is 49.8 Å². The molecule has 210 valence electrons. The van der Waals surface area contributed by atoms with E-state index in [9.17, 15) is 18.0 Å². The van der Waals surface area contributed by atoms with E-state index in [4.69, 9.17) is 16.3 Å². The first-order valence-electron chi connectivity index (χ1n) is 12.0. The highest BCUT2D eigenvalue weighted by Crippen LogP contribution is 2.40. The molecule has 0 saturated carbocycles. The van der Waals surface area contributed by atoms with Crippen molar-refractivity contribution in [3.05, 3.63) is 66.2 Å². The number of fused-ring (bicyclic) bond motifs is 1. The summed E-state index contributed by atoms with van der Waals surface area (Å²) in [4.78, 5) is 27.7. The standard InChI is InChI=1S/C27H27ClF3N7O2/c1-15(29)25(39)34-20-11-21(23(40-26(30)31)12-22(20)38(4)10-9-37(2)3)35-27-33-14-18(28)24(36-27)17-13-32-19-8-6-5-7-16(17)19/h5-8,11-14,26,32H,1,9-10H2,2-4H3,(H,34,39)(H,33,35,36). The number of hydrogen-bond acceptors (Lipinski definition) is 7. The number of carbonyl (C=O) groups excluding carboxylic acids is 1. The molecule has 0 aliphatic rings. The van der Waals surface area contributed by atoms with Crippen molar-refractivity contribution in [3.8, 4) is 17.0 Å². The SMILES string of the molecule is C=C(F)C(=O)Nc1cc(Nc2ncc(Cl)c(-c3c[nH]c4ccccc34)n2)c(OC(F)F)cc1N(C)CCN(C)C. The van der Waals surface area contributed by atoms with Gasteiger partial charge in [0.25, 0.3) is 5.91 Å². The number of aromatic amines is 1. The number of halogens is 4. The number of hydrogen-bond donors (Lipinski definition) is 3. The molecule has 2 aromatic carbocycles. The molecule has 2 aromatic heterocycles. The van der Waals surface area contributed by atoms with Crippen LogP contribution in [-0.2, 0) is 4.79 Å². The van der Waals surface area contributed by atoms with E-state index >= 15 is 0 Å². The Hall–Kier alpha value is -4.29. The van der Waals surface area contributed by atoms with Crippen LogP contribution in [0.1, 0.15) is 0 Å². The summed E-state index contributed by atoms with van der Waals surface area (Å²) >= 11 is 6.42. The summed E-state index contributed by atoms with van der Waals surface area (Å²) in [7, 11) is 5.45. The number of amides is 1. The molecule has 0 bridgehead atoms. The summed E-state index contributed by atoms with van der Waals surface area (Å²) in [6.45, 7) is 0.940. The quantitative estimate of drug-likeness (QED) is 0.188. The van der Waals surface area contributed by atoms with Crippen molar-refractivity contribution in [2.24, 2.45) is 0 Å². The fourth-order valence-corrected chi connectivity index (χ4v) is 4.13. The van der Waals surface area contributed by atoms with Crippen LogP contribution in [0.4, 0.5) is 36.2 Å². The second kappa shape index (κ2) is 12.3. The number of rotatable bonds is 11. The van der Waals surface area contributed by atoms with Crippen LogP contribution in [0.2, 0.25) is 5.02 Å². The lowest BCUT2D eigenvalue weighted by atomic mass is 10.1. The van der Waals surface area contributed by atoms with E-state index in [2.05, 4.69) is 32.2 Å². The molecule has 0 atom stereocenters. The highest BCUT2D eigenvalue weighted by Gasteiger charge is 2.21. The Kier molecular flexibility index (Phi) is 8.80. The Morgan fingerprint density at radius 2 is 1.93 bits per heavy atom. The van der Waals surface area contributed by atoms with E-state index in [0.29, 0.717) is 30.0 Å². The summed E-state index contributed by atoms with van der Waals surface area (Å²) < 4.78 is 45.3. The van der Waals surface area contributed by atoms with Gasteiger partial charge in [0.15, 0.2) is 11.6 Å². The van der Waals surface area contributed by atoms with Crippen LogP contribution in [0, 0.1) is 0 Å². The minimum absolute atomic E-state index is 0.00275. The topological polar surface area (TPSA) is 98.4 Å². The van der Waals surface area contributed by atoms with E-state index in [-0.39, 0.29) is 28.1 Å². The second-order valence-corrected chi connectivity index (χ2v) is 9.50. The van der Waals surface area contributed by atoms with E-state index in [1.54, 1.807) is 18.1 Å². The number of ether oxygens (including phenoxy) is 1. The average molecular weight is 574 g/mol. The van der Waals surface area contributed by atoms with Gasteiger partial charge in [0.1, 0.15) is 0 Å². The Labute approximate surface area is 233 Å². The van der Waals surface area contributed by atoms with Gasteiger partial charge in [0.2, 0.25) is 5.95 Å². The third-order valence-corrected chi connectivity index (χ3v) is 6.21. The summed E-state index contributed by atoms with van der Waals surface area (Å²) in [5, 5.41) is 6.44. The lowest BCUT2D eigenvalue weighted by molar-refractivity contribution is -0.114. The van der Waals surface area contributed by atoms with Crippen LogP contribution < -0.4 is 20.3 Å². The number of carbonyl (C=O) groups is 1. The van der Waals surface area contributed by atoms with Crippen LogP contribution in [0.5, 0.6) is 5.75 Å². The molecule has 13 heteroatoms. The molecule has 0 spiro atoms. The van der Waals surface area contributed by atoms with Crippen molar-refractivity contribution in [1.29, 1.82) is 0 Å². The Balaban J connectivity index is 1.77. The van der Waals surface area contributed by atoms with E-state index < -0.39 is 18.3 Å². The van der Waals surface area contributed by atoms with Gasteiger partial charge in [-0.25, -0.2) is 14.4 Å². The third-order valence-electron chi connectivity index (χ3n) is 5.94. The Morgan fingerprint density at radius 1 is 1.18 bits per heavy atom. The predicted molar refractivity (Wildman–Crippen MR) is 151 cm³/mol. The van der Waals surface area contributed by atoms with Gasteiger partial charge in [-0.15, -0.1) is 0 Å². The van der Waals surface area contributed by atoms with Gasteiger partial charge in [0, 0.05) is 48.9 Å². The molecule has 0 fully saturated rings. The summed E-state index contributed by atoms with van der Waals surface area (Å²) in [5.74, 6) is -2.52. The summed E-state index contributed by atoms with van der Waals surface area (Å²) in [6.07, 6.45) is 3.13. The van der Waals surface area contributed by atoms with Gasteiger partial charge in [-0.1, -0.05) is 36.4 Å². The van der Waals surface area contributed by atoms with Crippen LogP contribution in [0.15, 0.2) is 61.2 Å². The van der Waals surface area contributed by atoms with Gasteiger partial charge < -0.3 is 30.2 Å². The van der Waals surface area contributed by atoms with E-state index in [1.807, 2.05) is 43.3 Å². The monoisotopic (exact) mass is 573 g/mol. The highest BCUT2D eigenvalue weighted by atomic mass is 35.5. The third kappa shape index (κ3) is 6.64.